The summed E-state index contributed by atoms with van der Waals surface area (Å²) in [5.41, 5.74) is 0. The van der Waals surface area contributed by atoms with Crippen molar-refractivity contribution in [2.75, 3.05) is 0 Å². The van der Waals surface area contributed by atoms with Gasteiger partial charge in [-0.1, -0.05) is 18.2 Å². The highest BCUT2D eigenvalue weighted by Crippen LogP contribution is 2.24. The van der Waals surface area contributed by atoms with Gasteiger partial charge in [0.1, 0.15) is 12.0 Å². The zero-order valence-corrected chi connectivity index (χ0v) is 7.45. The summed E-state index contributed by atoms with van der Waals surface area (Å²) in [5.74, 6) is 0.100. The molecule has 76 valence electrons. The van der Waals surface area contributed by atoms with Gasteiger partial charge in [-0.2, -0.15) is 8.78 Å². The van der Waals surface area contributed by atoms with Gasteiger partial charge in [-0.3, -0.25) is 0 Å². The molecule has 0 saturated carbocycles. The average Bonchev–Trinajstić information content (AvgIpc) is 2.16. The van der Waals surface area contributed by atoms with Crippen LogP contribution in [0.2, 0.25) is 0 Å². The highest BCUT2D eigenvalue weighted by atomic mass is 19.3. The smallest absolute Gasteiger partial charge is 0.398 e. The third kappa shape index (κ3) is 3.51. The molecule has 0 radical (unpaired) electrons. The first-order valence-electron chi connectivity index (χ1n) is 4.19. The Bertz CT molecular complexity index is 285. The van der Waals surface area contributed by atoms with Gasteiger partial charge >= 0.3 is 6.11 Å². The van der Waals surface area contributed by atoms with Crippen LogP contribution in [0.1, 0.15) is 12.8 Å². The van der Waals surface area contributed by atoms with Crippen LogP contribution in [0.15, 0.2) is 30.3 Å². The molecule has 0 heterocycles. The van der Waals surface area contributed by atoms with Crippen LogP contribution in [-0.2, 0) is 4.79 Å². The van der Waals surface area contributed by atoms with E-state index in [2.05, 4.69) is 4.74 Å². The molecule has 0 aliphatic carbocycles. The van der Waals surface area contributed by atoms with Gasteiger partial charge in [-0.05, 0) is 12.1 Å². The first-order chi connectivity index (χ1) is 6.64. The zero-order chi connectivity index (χ0) is 10.4. The molecule has 0 amide bonds. The van der Waals surface area contributed by atoms with Crippen molar-refractivity contribution < 1.29 is 18.3 Å². The lowest BCUT2D eigenvalue weighted by Crippen LogP contribution is -2.24. The van der Waals surface area contributed by atoms with Crippen LogP contribution in [0.4, 0.5) is 8.78 Å². The van der Waals surface area contributed by atoms with Crippen LogP contribution in [0.25, 0.3) is 0 Å². The molecule has 0 aliphatic heterocycles. The Morgan fingerprint density at radius 1 is 1.29 bits per heavy atom. The molecule has 4 heteroatoms. The standard InChI is InChI=1S/C10H10F2O2/c11-10(12,7-4-8-13)14-9-5-2-1-3-6-9/h1-3,5-6,8H,4,7H2. The van der Waals surface area contributed by atoms with Crippen molar-refractivity contribution in [2.45, 2.75) is 19.0 Å². The minimum Gasteiger partial charge on any atom is -0.433 e. The van der Waals surface area contributed by atoms with E-state index >= 15 is 0 Å². The Kier molecular flexibility index (Phi) is 3.56. The average molecular weight is 200 g/mol. The van der Waals surface area contributed by atoms with E-state index < -0.39 is 12.5 Å². The van der Waals surface area contributed by atoms with Crippen LogP contribution >= 0.6 is 0 Å². The summed E-state index contributed by atoms with van der Waals surface area (Å²) in [5, 5.41) is 0. The largest absolute Gasteiger partial charge is 0.433 e. The van der Waals surface area contributed by atoms with E-state index in [1.807, 2.05) is 0 Å². The predicted molar refractivity (Wildman–Crippen MR) is 47.3 cm³/mol. The predicted octanol–water partition coefficient (Wildman–Crippen LogP) is 2.64. The molecule has 1 aromatic carbocycles. The minimum absolute atomic E-state index is 0.100. The molecule has 2 nitrogen and oxygen atoms in total. The van der Waals surface area contributed by atoms with E-state index in [0.717, 1.165) is 0 Å². The van der Waals surface area contributed by atoms with Crippen molar-refractivity contribution in [3.8, 4) is 5.75 Å². The maximum absolute atomic E-state index is 12.9. The first kappa shape index (κ1) is 10.6. The monoisotopic (exact) mass is 200 g/mol. The van der Waals surface area contributed by atoms with E-state index in [1.54, 1.807) is 18.2 Å². The second-order valence-electron chi connectivity index (χ2n) is 2.76. The SMILES string of the molecule is O=CCCC(F)(F)Oc1ccccc1. The third-order valence-electron chi connectivity index (χ3n) is 1.56. The number of halogens is 2. The molecule has 0 fully saturated rings. The Balaban J connectivity index is 2.54. The Labute approximate surface area is 80.5 Å². The second-order valence-corrected chi connectivity index (χ2v) is 2.76. The van der Waals surface area contributed by atoms with Crippen LogP contribution in [0.3, 0.4) is 0 Å². The normalized spacial score (nSPS) is 11.0. The summed E-state index contributed by atoms with van der Waals surface area (Å²) in [4.78, 5) is 9.92. The molecule has 0 spiro atoms. The van der Waals surface area contributed by atoms with Crippen molar-refractivity contribution >= 4 is 6.29 Å². The Hall–Kier alpha value is -1.45. The number of para-hydroxylation sites is 1. The number of hydrogen-bond acceptors (Lipinski definition) is 2. The molecular weight excluding hydrogens is 190 g/mol. The summed E-state index contributed by atoms with van der Waals surface area (Å²) in [6, 6.07) is 7.79. The quantitative estimate of drug-likeness (QED) is 0.683. The number of aldehydes is 1. The number of ether oxygens (including phenoxy) is 1. The van der Waals surface area contributed by atoms with Crippen LogP contribution in [0, 0.1) is 0 Å². The first-order valence-corrected chi connectivity index (χ1v) is 4.19. The van der Waals surface area contributed by atoms with Gasteiger partial charge in [-0.15, -0.1) is 0 Å². The molecular formula is C10H10F2O2. The minimum atomic E-state index is -3.28. The maximum Gasteiger partial charge on any atom is 0.398 e. The molecule has 14 heavy (non-hydrogen) atoms. The van der Waals surface area contributed by atoms with Crippen LogP contribution in [0.5, 0.6) is 5.75 Å². The molecule has 0 atom stereocenters. The van der Waals surface area contributed by atoms with Crippen molar-refractivity contribution in [1.29, 1.82) is 0 Å². The van der Waals surface area contributed by atoms with E-state index in [4.69, 9.17) is 0 Å². The molecule has 0 aromatic heterocycles. The van der Waals surface area contributed by atoms with Gasteiger partial charge in [0, 0.05) is 6.42 Å². The van der Waals surface area contributed by atoms with Gasteiger partial charge in [0.05, 0.1) is 6.42 Å². The van der Waals surface area contributed by atoms with Crippen molar-refractivity contribution in [2.24, 2.45) is 0 Å². The van der Waals surface area contributed by atoms with Gasteiger partial charge in [0.25, 0.3) is 0 Å². The Morgan fingerprint density at radius 2 is 1.93 bits per heavy atom. The van der Waals surface area contributed by atoms with Crippen LogP contribution < -0.4 is 4.74 Å². The fourth-order valence-corrected chi connectivity index (χ4v) is 0.939. The molecule has 1 rings (SSSR count). The summed E-state index contributed by atoms with van der Waals surface area (Å²) in [6.07, 6.45) is -3.63. The molecule has 0 N–H and O–H groups in total. The van der Waals surface area contributed by atoms with Gasteiger partial charge in [0.2, 0.25) is 0 Å². The fourth-order valence-electron chi connectivity index (χ4n) is 0.939. The lowest BCUT2D eigenvalue weighted by atomic mass is 10.3. The number of carbonyl (C=O) groups excluding carboxylic acids is 1. The number of rotatable bonds is 5. The number of alkyl halides is 2. The third-order valence-corrected chi connectivity index (χ3v) is 1.56. The zero-order valence-electron chi connectivity index (χ0n) is 7.45. The lowest BCUT2D eigenvalue weighted by Gasteiger charge is -2.16. The topological polar surface area (TPSA) is 26.3 Å². The second kappa shape index (κ2) is 4.69. The fraction of sp³-hybridized carbons (Fsp3) is 0.300. The van der Waals surface area contributed by atoms with Crippen molar-refractivity contribution in [3.05, 3.63) is 30.3 Å². The molecule has 0 aliphatic rings. The molecule has 0 unspecified atom stereocenters. The van der Waals surface area contributed by atoms with Crippen molar-refractivity contribution in [1.82, 2.24) is 0 Å². The van der Waals surface area contributed by atoms with E-state index in [9.17, 15) is 13.6 Å². The molecule has 1 aromatic rings. The summed E-state index contributed by atoms with van der Waals surface area (Å²) in [7, 11) is 0. The number of benzene rings is 1. The lowest BCUT2D eigenvalue weighted by molar-refractivity contribution is -0.181. The number of hydrogen-bond donors (Lipinski definition) is 0. The van der Waals surface area contributed by atoms with E-state index in [0.29, 0.717) is 6.29 Å². The number of carbonyl (C=O) groups is 1. The van der Waals surface area contributed by atoms with Crippen LogP contribution in [-0.4, -0.2) is 12.4 Å². The summed E-state index contributed by atoms with van der Waals surface area (Å²) in [6.45, 7) is 0. The maximum atomic E-state index is 12.9. The van der Waals surface area contributed by atoms with Gasteiger partial charge in [0.15, 0.2) is 0 Å². The molecule has 0 bridgehead atoms. The van der Waals surface area contributed by atoms with E-state index in [1.165, 1.54) is 12.1 Å². The highest BCUT2D eigenvalue weighted by molar-refractivity contribution is 5.49. The Morgan fingerprint density at radius 3 is 2.50 bits per heavy atom. The highest BCUT2D eigenvalue weighted by Gasteiger charge is 2.30. The summed E-state index contributed by atoms with van der Waals surface area (Å²) >= 11 is 0. The van der Waals surface area contributed by atoms with Crippen molar-refractivity contribution in [3.63, 3.8) is 0 Å². The van der Waals surface area contributed by atoms with E-state index in [-0.39, 0.29) is 12.2 Å². The van der Waals surface area contributed by atoms with Gasteiger partial charge in [-0.25, -0.2) is 0 Å². The molecule has 0 saturated heterocycles. The van der Waals surface area contributed by atoms with Gasteiger partial charge < -0.3 is 9.53 Å². The summed E-state index contributed by atoms with van der Waals surface area (Å²) < 4.78 is 30.2.